The van der Waals surface area contributed by atoms with Crippen LogP contribution in [-0.2, 0) is 20.5 Å². The van der Waals surface area contributed by atoms with Crippen LogP contribution < -0.4 is 15.9 Å². The Morgan fingerprint density at radius 2 is 1.75 bits per heavy atom. The van der Waals surface area contributed by atoms with Gasteiger partial charge in [-0.1, -0.05) is 19.1 Å². The summed E-state index contributed by atoms with van der Waals surface area (Å²) in [6.07, 6.45) is 0.724. The zero-order valence-electron chi connectivity index (χ0n) is 15.3. The van der Waals surface area contributed by atoms with Gasteiger partial charge in [0, 0.05) is 5.92 Å². The summed E-state index contributed by atoms with van der Waals surface area (Å²) in [5.74, 6) is 0.265. The Labute approximate surface area is 144 Å². The Morgan fingerprint density at radius 3 is 2.29 bits per heavy atom. The van der Waals surface area contributed by atoms with Gasteiger partial charge in [-0.3, -0.25) is 4.79 Å². The number of benzene rings is 1. The molecule has 0 bridgehead atoms. The van der Waals surface area contributed by atoms with Crippen molar-refractivity contribution in [3.63, 3.8) is 0 Å². The molecule has 2 unspecified atom stereocenters. The number of hydrogen-bond donors (Lipinski definition) is 1. The van der Waals surface area contributed by atoms with Crippen molar-refractivity contribution < 1.29 is 18.8 Å². The molecule has 0 saturated carbocycles. The highest BCUT2D eigenvalue weighted by Crippen LogP contribution is 2.39. The molecule has 1 fully saturated rings. The molecule has 6 heteroatoms. The van der Waals surface area contributed by atoms with Crippen molar-refractivity contribution in [3.05, 3.63) is 23.8 Å². The monoisotopic (exact) mass is 331 g/mol. The van der Waals surface area contributed by atoms with Crippen molar-refractivity contribution in [2.24, 2.45) is 11.7 Å². The number of hydrogen-bond acceptors (Lipinski definition) is 4. The van der Waals surface area contributed by atoms with E-state index in [1.54, 1.807) is 6.92 Å². The highest BCUT2D eigenvalue weighted by Gasteiger charge is 2.52. The standard InChI is InChI=1S/C18H26BNO4/c1-11-9-12-10-13(19-23-16(2,3)17(4,5)24-19)7-8-14(12)22-18(11,6)15(20)21/h7-8,10-11H,9H2,1-6H3,(H2,20,21). The molecule has 2 heterocycles. The summed E-state index contributed by atoms with van der Waals surface area (Å²) in [7, 11) is -0.403. The summed E-state index contributed by atoms with van der Waals surface area (Å²) in [5, 5.41) is 0. The molecule has 0 radical (unpaired) electrons. The van der Waals surface area contributed by atoms with Crippen molar-refractivity contribution in [1.29, 1.82) is 0 Å². The van der Waals surface area contributed by atoms with Gasteiger partial charge in [0.25, 0.3) is 5.91 Å². The number of carbonyl (C=O) groups is 1. The first-order valence-electron chi connectivity index (χ1n) is 8.44. The lowest BCUT2D eigenvalue weighted by Crippen LogP contribution is -2.54. The van der Waals surface area contributed by atoms with E-state index in [9.17, 15) is 4.79 Å². The Balaban J connectivity index is 1.90. The maximum absolute atomic E-state index is 11.8. The molecule has 2 aliphatic rings. The number of amides is 1. The first-order valence-corrected chi connectivity index (χ1v) is 8.44. The molecule has 1 aromatic rings. The minimum absolute atomic E-state index is 0.00366. The number of primary amides is 1. The minimum Gasteiger partial charge on any atom is -0.477 e. The minimum atomic E-state index is -0.973. The average Bonchev–Trinajstić information content (AvgIpc) is 2.68. The van der Waals surface area contributed by atoms with Gasteiger partial charge in [-0.15, -0.1) is 0 Å². The molecule has 2 N–H and O–H groups in total. The van der Waals surface area contributed by atoms with Gasteiger partial charge in [0.1, 0.15) is 5.75 Å². The molecule has 2 aliphatic heterocycles. The van der Waals surface area contributed by atoms with E-state index in [2.05, 4.69) is 6.07 Å². The summed E-state index contributed by atoms with van der Waals surface area (Å²) in [5.41, 5.74) is 5.83. The van der Waals surface area contributed by atoms with Crippen LogP contribution in [0, 0.1) is 5.92 Å². The van der Waals surface area contributed by atoms with Gasteiger partial charge in [-0.05, 0) is 58.1 Å². The zero-order chi connectivity index (χ0) is 17.9. The number of rotatable bonds is 2. The fourth-order valence-electron chi connectivity index (χ4n) is 3.13. The van der Waals surface area contributed by atoms with Crippen LogP contribution in [0.1, 0.15) is 47.1 Å². The normalized spacial score (nSPS) is 30.6. The van der Waals surface area contributed by atoms with Crippen LogP contribution in [0.25, 0.3) is 0 Å². The van der Waals surface area contributed by atoms with Crippen molar-refractivity contribution in [2.75, 3.05) is 0 Å². The number of ether oxygens (including phenoxy) is 1. The summed E-state index contributed by atoms with van der Waals surface area (Å²) in [4.78, 5) is 11.8. The first-order chi connectivity index (χ1) is 11.0. The van der Waals surface area contributed by atoms with Crippen molar-refractivity contribution >= 4 is 18.5 Å². The van der Waals surface area contributed by atoms with Crippen LogP contribution in [0.5, 0.6) is 5.75 Å². The van der Waals surface area contributed by atoms with Crippen LogP contribution in [-0.4, -0.2) is 29.8 Å². The molecule has 3 rings (SSSR count). The third-order valence-corrected chi connectivity index (χ3v) is 5.89. The third-order valence-electron chi connectivity index (χ3n) is 5.89. The fourth-order valence-corrected chi connectivity index (χ4v) is 3.13. The van der Waals surface area contributed by atoms with Crippen LogP contribution in [0.3, 0.4) is 0 Å². The van der Waals surface area contributed by atoms with E-state index in [4.69, 9.17) is 19.8 Å². The quantitative estimate of drug-likeness (QED) is 0.839. The Morgan fingerprint density at radius 1 is 1.17 bits per heavy atom. The third kappa shape index (κ3) is 2.52. The Hall–Kier alpha value is -1.53. The van der Waals surface area contributed by atoms with Crippen molar-refractivity contribution in [2.45, 2.75) is 64.8 Å². The SMILES string of the molecule is CC1Cc2cc(B3OC(C)(C)C(C)(C)O3)ccc2OC1(C)C(N)=O. The molecule has 24 heavy (non-hydrogen) atoms. The molecule has 0 spiro atoms. The maximum atomic E-state index is 11.8. The fraction of sp³-hybridized carbons (Fsp3) is 0.611. The van der Waals surface area contributed by atoms with Crippen LogP contribution >= 0.6 is 0 Å². The van der Waals surface area contributed by atoms with Gasteiger partial charge in [0.05, 0.1) is 11.2 Å². The number of carbonyl (C=O) groups excluding carboxylic acids is 1. The Bertz CT molecular complexity index is 672. The highest BCUT2D eigenvalue weighted by molar-refractivity contribution is 6.62. The van der Waals surface area contributed by atoms with Crippen LogP contribution in [0.15, 0.2) is 18.2 Å². The van der Waals surface area contributed by atoms with Gasteiger partial charge in [-0.25, -0.2) is 0 Å². The predicted octanol–water partition coefficient (Wildman–Crippen LogP) is 1.80. The number of fused-ring (bicyclic) bond motifs is 1. The lowest BCUT2D eigenvalue weighted by Gasteiger charge is -2.38. The second-order valence-electron chi connectivity index (χ2n) is 8.13. The van der Waals surface area contributed by atoms with Gasteiger partial charge >= 0.3 is 7.12 Å². The summed E-state index contributed by atoms with van der Waals surface area (Å²) >= 11 is 0. The average molecular weight is 331 g/mol. The van der Waals surface area contributed by atoms with Crippen LogP contribution in [0.4, 0.5) is 0 Å². The molecule has 1 amide bonds. The van der Waals surface area contributed by atoms with Gasteiger partial charge in [0.15, 0.2) is 5.60 Å². The van der Waals surface area contributed by atoms with E-state index >= 15 is 0 Å². The molecular weight excluding hydrogens is 305 g/mol. The maximum Gasteiger partial charge on any atom is 0.494 e. The van der Waals surface area contributed by atoms with E-state index in [0.29, 0.717) is 5.75 Å². The lowest BCUT2D eigenvalue weighted by atomic mass is 9.75. The molecule has 130 valence electrons. The molecule has 1 aromatic carbocycles. The lowest BCUT2D eigenvalue weighted by molar-refractivity contribution is -0.137. The zero-order valence-corrected chi connectivity index (χ0v) is 15.3. The molecule has 5 nitrogen and oxygen atoms in total. The van der Waals surface area contributed by atoms with E-state index in [1.807, 2.05) is 46.8 Å². The summed E-state index contributed by atoms with van der Waals surface area (Å²) < 4.78 is 18.2. The van der Waals surface area contributed by atoms with E-state index in [0.717, 1.165) is 17.4 Å². The molecule has 2 atom stereocenters. The van der Waals surface area contributed by atoms with Gasteiger partial charge < -0.3 is 19.8 Å². The predicted molar refractivity (Wildman–Crippen MR) is 93.3 cm³/mol. The van der Waals surface area contributed by atoms with E-state index < -0.39 is 18.6 Å². The molecule has 0 aromatic heterocycles. The van der Waals surface area contributed by atoms with Crippen molar-refractivity contribution in [1.82, 2.24) is 0 Å². The second kappa shape index (κ2) is 5.23. The van der Waals surface area contributed by atoms with E-state index in [-0.39, 0.29) is 17.1 Å². The summed E-state index contributed by atoms with van der Waals surface area (Å²) in [6, 6.07) is 5.86. The number of nitrogens with two attached hydrogens (primary N) is 1. The van der Waals surface area contributed by atoms with E-state index in [1.165, 1.54) is 0 Å². The molecule has 1 saturated heterocycles. The topological polar surface area (TPSA) is 70.8 Å². The largest absolute Gasteiger partial charge is 0.494 e. The Kier molecular flexibility index (Phi) is 3.77. The smallest absolute Gasteiger partial charge is 0.477 e. The highest BCUT2D eigenvalue weighted by atomic mass is 16.7. The first kappa shape index (κ1) is 17.3. The van der Waals surface area contributed by atoms with Gasteiger partial charge in [-0.2, -0.15) is 0 Å². The molecular formula is C18H26BNO4. The molecule has 0 aliphatic carbocycles. The van der Waals surface area contributed by atoms with Crippen molar-refractivity contribution in [3.8, 4) is 5.75 Å². The van der Waals surface area contributed by atoms with Crippen LogP contribution in [0.2, 0.25) is 0 Å². The summed E-state index contributed by atoms with van der Waals surface area (Å²) in [6.45, 7) is 11.9. The second-order valence-corrected chi connectivity index (χ2v) is 8.13. The van der Waals surface area contributed by atoms with Gasteiger partial charge in [0.2, 0.25) is 0 Å².